The third-order valence-electron chi connectivity index (χ3n) is 2.60. The van der Waals surface area contributed by atoms with E-state index in [2.05, 4.69) is 0 Å². The van der Waals surface area contributed by atoms with Crippen molar-refractivity contribution in [2.45, 2.75) is 24.3 Å². The predicted molar refractivity (Wildman–Crippen MR) is 65.8 cm³/mol. The zero-order valence-electron chi connectivity index (χ0n) is 9.47. The third kappa shape index (κ3) is 2.79. The van der Waals surface area contributed by atoms with Gasteiger partial charge < -0.3 is 5.11 Å². The van der Waals surface area contributed by atoms with Gasteiger partial charge in [-0.15, -0.1) is 0 Å². The van der Waals surface area contributed by atoms with E-state index < -0.39 is 20.6 Å². The van der Waals surface area contributed by atoms with E-state index in [1.54, 1.807) is 24.3 Å². The van der Waals surface area contributed by atoms with Crippen molar-refractivity contribution in [1.82, 2.24) is 0 Å². The van der Waals surface area contributed by atoms with E-state index in [1.807, 2.05) is 0 Å². The van der Waals surface area contributed by atoms with E-state index in [0.717, 1.165) is 0 Å². The normalized spacial score (nSPS) is 12.4. The van der Waals surface area contributed by atoms with Crippen LogP contribution in [0.1, 0.15) is 19.4 Å². The molecule has 0 unspecified atom stereocenters. The van der Waals surface area contributed by atoms with Crippen molar-refractivity contribution < 1.29 is 18.3 Å². The second-order valence-electron chi connectivity index (χ2n) is 4.17. The fourth-order valence-corrected chi connectivity index (χ4v) is 2.70. The van der Waals surface area contributed by atoms with Crippen LogP contribution in [-0.4, -0.2) is 24.2 Å². The lowest BCUT2D eigenvalue weighted by Gasteiger charge is -2.19. The van der Waals surface area contributed by atoms with Gasteiger partial charge >= 0.3 is 5.97 Å². The number of hydrogen-bond acceptors (Lipinski definition) is 3. The maximum Gasteiger partial charge on any atom is 0.324 e. The number of aliphatic carboxylic acids is 1. The van der Waals surface area contributed by atoms with Crippen LogP contribution in [0.25, 0.3) is 0 Å². The van der Waals surface area contributed by atoms with E-state index in [1.165, 1.54) is 13.8 Å². The molecule has 0 aliphatic rings. The molecule has 0 aromatic heterocycles. The molecule has 1 N–H and O–H groups in total. The lowest BCUT2D eigenvalue weighted by molar-refractivity contribution is -0.139. The second-order valence-corrected chi connectivity index (χ2v) is 7.11. The minimum atomic E-state index is -3.82. The molecule has 17 heavy (non-hydrogen) atoms. The number of carbonyl (C=O) groups is 1. The second kappa shape index (κ2) is 4.66. The summed E-state index contributed by atoms with van der Waals surface area (Å²) in [6.07, 6.45) is 0. The lowest BCUT2D eigenvalue weighted by atomic mass is 10.2. The molecule has 0 saturated heterocycles. The molecule has 94 valence electrons. The molecule has 4 nitrogen and oxygen atoms in total. The number of rotatable bonds is 4. The molecule has 0 radical (unpaired) electrons. The minimum Gasteiger partial charge on any atom is -0.480 e. The highest BCUT2D eigenvalue weighted by Gasteiger charge is 2.41. The Balaban J connectivity index is 3.12. The fraction of sp³-hybridized carbons (Fsp3) is 0.364. The van der Waals surface area contributed by atoms with E-state index in [4.69, 9.17) is 16.7 Å². The number of sulfone groups is 1. The molecular formula is C11H13ClO4S. The van der Waals surface area contributed by atoms with Crippen molar-refractivity contribution in [3.63, 3.8) is 0 Å². The average Bonchev–Trinajstić information content (AvgIpc) is 2.20. The van der Waals surface area contributed by atoms with E-state index >= 15 is 0 Å². The quantitative estimate of drug-likeness (QED) is 0.914. The van der Waals surface area contributed by atoms with Crippen LogP contribution in [0.15, 0.2) is 24.3 Å². The first-order valence-corrected chi connectivity index (χ1v) is 6.90. The first kappa shape index (κ1) is 14.0. The number of benzene rings is 1. The Bertz CT molecular complexity index is 534. The van der Waals surface area contributed by atoms with Crippen molar-refractivity contribution in [3.05, 3.63) is 34.9 Å². The van der Waals surface area contributed by atoms with Crippen LogP contribution in [0, 0.1) is 0 Å². The fourth-order valence-electron chi connectivity index (χ4n) is 1.13. The van der Waals surface area contributed by atoms with Crippen LogP contribution in [0.4, 0.5) is 0 Å². The SMILES string of the molecule is CC(C)(C(=O)O)S(=O)(=O)Cc1ccccc1Cl. The smallest absolute Gasteiger partial charge is 0.324 e. The summed E-state index contributed by atoms with van der Waals surface area (Å²) >= 11 is 5.85. The predicted octanol–water partition coefficient (Wildman–Crippen LogP) is 2.12. The Labute approximate surface area is 105 Å². The lowest BCUT2D eigenvalue weighted by Crippen LogP contribution is -2.41. The van der Waals surface area contributed by atoms with Crippen molar-refractivity contribution in [2.24, 2.45) is 0 Å². The Morgan fingerprint density at radius 2 is 1.88 bits per heavy atom. The standard InChI is InChI=1S/C11H13ClO4S/c1-11(2,10(13)14)17(15,16)7-8-5-3-4-6-9(8)12/h3-6H,7H2,1-2H3,(H,13,14). The molecule has 0 atom stereocenters. The molecular weight excluding hydrogens is 264 g/mol. The Morgan fingerprint density at radius 1 is 1.35 bits per heavy atom. The van der Waals surface area contributed by atoms with Gasteiger partial charge in [0.05, 0.1) is 5.75 Å². The van der Waals surface area contributed by atoms with Gasteiger partial charge in [-0.2, -0.15) is 0 Å². The summed E-state index contributed by atoms with van der Waals surface area (Å²) in [6, 6.07) is 6.48. The monoisotopic (exact) mass is 276 g/mol. The van der Waals surface area contributed by atoms with Gasteiger partial charge in [-0.3, -0.25) is 4.79 Å². The summed E-state index contributed by atoms with van der Waals surface area (Å²) in [4.78, 5) is 10.9. The van der Waals surface area contributed by atoms with Gasteiger partial charge in [0, 0.05) is 5.02 Å². The Kier molecular flexibility index (Phi) is 3.84. The Hall–Kier alpha value is -1.07. The van der Waals surface area contributed by atoms with E-state index in [-0.39, 0.29) is 5.75 Å². The van der Waals surface area contributed by atoms with E-state index in [9.17, 15) is 13.2 Å². The van der Waals surface area contributed by atoms with Gasteiger partial charge in [0.1, 0.15) is 0 Å². The van der Waals surface area contributed by atoms with Crippen LogP contribution in [0.5, 0.6) is 0 Å². The third-order valence-corrected chi connectivity index (χ3v) is 5.39. The summed E-state index contributed by atoms with van der Waals surface area (Å²) in [6.45, 7) is 2.34. The number of halogens is 1. The zero-order valence-corrected chi connectivity index (χ0v) is 11.0. The molecule has 0 bridgehead atoms. The molecule has 1 rings (SSSR count). The summed E-state index contributed by atoms with van der Waals surface area (Å²) < 4.78 is 22.1. The van der Waals surface area contributed by atoms with E-state index in [0.29, 0.717) is 10.6 Å². The number of carboxylic acid groups (broad SMARTS) is 1. The molecule has 0 heterocycles. The van der Waals surface area contributed by atoms with Crippen LogP contribution < -0.4 is 0 Å². The van der Waals surface area contributed by atoms with Gasteiger partial charge in [-0.05, 0) is 25.5 Å². The molecule has 0 spiro atoms. The molecule has 0 amide bonds. The van der Waals surface area contributed by atoms with Crippen molar-refractivity contribution >= 4 is 27.4 Å². The van der Waals surface area contributed by atoms with Gasteiger partial charge in [0.25, 0.3) is 0 Å². The molecule has 1 aromatic rings. The maximum atomic E-state index is 12.0. The minimum absolute atomic E-state index is 0.317. The molecule has 0 fully saturated rings. The highest BCUT2D eigenvalue weighted by molar-refractivity contribution is 7.92. The highest BCUT2D eigenvalue weighted by atomic mass is 35.5. The van der Waals surface area contributed by atoms with Gasteiger partial charge in [-0.25, -0.2) is 8.42 Å². The molecule has 0 saturated carbocycles. The number of carboxylic acids is 1. The van der Waals surface area contributed by atoms with Crippen molar-refractivity contribution in [1.29, 1.82) is 0 Å². The van der Waals surface area contributed by atoms with Gasteiger partial charge in [-0.1, -0.05) is 29.8 Å². The van der Waals surface area contributed by atoms with Crippen LogP contribution in [0.2, 0.25) is 5.02 Å². The first-order chi connectivity index (χ1) is 7.68. The summed E-state index contributed by atoms with van der Waals surface area (Å²) in [7, 11) is -3.82. The van der Waals surface area contributed by atoms with Crippen LogP contribution >= 0.6 is 11.6 Å². The molecule has 0 aliphatic heterocycles. The Morgan fingerprint density at radius 3 is 2.35 bits per heavy atom. The van der Waals surface area contributed by atoms with Crippen LogP contribution in [-0.2, 0) is 20.4 Å². The van der Waals surface area contributed by atoms with Gasteiger partial charge in [0.2, 0.25) is 0 Å². The van der Waals surface area contributed by atoms with Crippen LogP contribution in [0.3, 0.4) is 0 Å². The molecule has 1 aromatic carbocycles. The maximum absolute atomic E-state index is 12.0. The first-order valence-electron chi connectivity index (χ1n) is 4.87. The van der Waals surface area contributed by atoms with Gasteiger partial charge in [0.15, 0.2) is 14.6 Å². The topological polar surface area (TPSA) is 71.4 Å². The molecule has 6 heteroatoms. The molecule has 0 aliphatic carbocycles. The van der Waals surface area contributed by atoms with Crippen molar-refractivity contribution in [3.8, 4) is 0 Å². The van der Waals surface area contributed by atoms with Crippen molar-refractivity contribution in [2.75, 3.05) is 0 Å². The summed E-state index contributed by atoms with van der Waals surface area (Å²) in [5, 5.41) is 9.23. The summed E-state index contributed by atoms with van der Waals surface area (Å²) in [5.74, 6) is -1.75. The average molecular weight is 277 g/mol. The largest absolute Gasteiger partial charge is 0.480 e. The number of hydrogen-bond donors (Lipinski definition) is 1. The summed E-state index contributed by atoms with van der Waals surface area (Å²) in [5.41, 5.74) is 0.406. The zero-order chi connectivity index (χ0) is 13.3. The highest BCUT2D eigenvalue weighted by Crippen LogP contribution is 2.25.